The van der Waals surface area contributed by atoms with Crippen molar-refractivity contribution >= 4 is 0 Å². The Labute approximate surface area is 156 Å². The van der Waals surface area contributed by atoms with Crippen molar-refractivity contribution in [1.29, 1.82) is 5.26 Å². The number of nitriles is 1. The van der Waals surface area contributed by atoms with Gasteiger partial charge in [0.05, 0.1) is 12.2 Å². The van der Waals surface area contributed by atoms with E-state index in [1.165, 1.54) is 90.1 Å². The molecule has 2 aliphatic rings. The predicted molar refractivity (Wildman–Crippen MR) is 105 cm³/mol. The van der Waals surface area contributed by atoms with E-state index in [1.807, 2.05) is 0 Å². The second kappa shape index (κ2) is 12.7. The summed E-state index contributed by atoms with van der Waals surface area (Å²) < 4.78 is 6.13. The SMILES string of the molecule is CCCCCCCCCCOC1CCN(C2CCC(C#N)CC2)CC1. The first-order valence-electron chi connectivity index (χ1n) is 11.1. The van der Waals surface area contributed by atoms with Gasteiger partial charge >= 0.3 is 0 Å². The van der Waals surface area contributed by atoms with Crippen molar-refractivity contribution in [2.75, 3.05) is 19.7 Å². The molecule has 1 aliphatic heterocycles. The number of nitrogens with zero attached hydrogens (tertiary/aromatic N) is 2. The molecule has 0 aromatic rings. The van der Waals surface area contributed by atoms with Gasteiger partial charge < -0.3 is 9.64 Å². The van der Waals surface area contributed by atoms with Crippen molar-refractivity contribution in [3.63, 3.8) is 0 Å². The molecular weight excluding hydrogens is 308 g/mol. The molecule has 0 bridgehead atoms. The van der Waals surface area contributed by atoms with Gasteiger partial charge in [-0.1, -0.05) is 51.9 Å². The van der Waals surface area contributed by atoms with E-state index in [9.17, 15) is 0 Å². The molecule has 0 atom stereocenters. The second-order valence-corrected chi connectivity index (χ2v) is 8.22. The maximum Gasteiger partial charge on any atom is 0.0655 e. The van der Waals surface area contributed by atoms with Gasteiger partial charge in [-0.25, -0.2) is 0 Å². The van der Waals surface area contributed by atoms with Crippen LogP contribution in [0.2, 0.25) is 0 Å². The highest BCUT2D eigenvalue weighted by Crippen LogP contribution is 2.29. The average molecular weight is 349 g/mol. The zero-order valence-corrected chi connectivity index (χ0v) is 16.6. The van der Waals surface area contributed by atoms with Crippen molar-refractivity contribution < 1.29 is 4.74 Å². The first kappa shape index (κ1) is 20.7. The lowest BCUT2D eigenvalue weighted by atomic mass is 9.85. The van der Waals surface area contributed by atoms with E-state index in [-0.39, 0.29) is 0 Å². The molecule has 0 amide bonds. The fourth-order valence-electron chi connectivity index (χ4n) is 4.46. The monoisotopic (exact) mass is 348 g/mol. The van der Waals surface area contributed by atoms with Gasteiger partial charge in [-0.15, -0.1) is 0 Å². The normalized spacial score (nSPS) is 25.8. The van der Waals surface area contributed by atoms with Gasteiger partial charge in [-0.3, -0.25) is 0 Å². The molecule has 1 heterocycles. The van der Waals surface area contributed by atoms with Crippen LogP contribution in [-0.4, -0.2) is 36.7 Å². The van der Waals surface area contributed by atoms with Gasteiger partial charge in [-0.05, 0) is 44.9 Å². The van der Waals surface area contributed by atoms with Crippen LogP contribution in [0, 0.1) is 17.2 Å². The number of hydrogen-bond donors (Lipinski definition) is 0. The lowest BCUT2D eigenvalue weighted by molar-refractivity contribution is -0.00815. The Morgan fingerprint density at radius 3 is 2.04 bits per heavy atom. The molecule has 1 saturated heterocycles. The molecule has 2 fully saturated rings. The van der Waals surface area contributed by atoms with E-state index in [1.54, 1.807) is 0 Å². The van der Waals surface area contributed by atoms with E-state index >= 15 is 0 Å². The molecule has 3 nitrogen and oxygen atoms in total. The minimum Gasteiger partial charge on any atom is -0.378 e. The summed E-state index contributed by atoms with van der Waals surface area (Å²) in [6, 6.07) is 3.18. The van der Waals surface area contributed by atoms with Crippen LogP contribution >= 0.6 is 0 Å². The van der Waals surface area contributed by atoms with Crippen LogP contribution in [0.3, 0.4) is 0 Å². The van der Waals surface area contributed by atoms with Gasteiger partial charge in [0.1, 0.15) is 0 Å². The summed E-state index contributed by atoms with van der Waals surface area (Å²) >= 11 is 0. The highest BCUT2D eigenvalue weighted by Gasteiger charge is 2.29. The van der Waals surface area contributed by atoms with Crippen molar-refractivity contribution in [1.82, 2.24) is 4.90 Å². The molecule has 0 N–H and O–H groups in total. The lowest BCUT2D eigenvalue weighted by Crippen LogP contribution is -2.44. The van der Waals surface area contributed by atoms with Crippen molar-refractivity contribution in [3.8, 4) is 6.07 Å². The quantitative estimate of drug-likeness (QED) is 0.450. The third-order valence-corrected chi connectivity index (χ3v) is 6.22. The summed E-state index contributed by atoms with van der Waals surface area (Å²) in [7, 11) is 0. The number of ether oxygens (including phenoxy) is 1. The largest absolute Gasteiger partial charge is 0.378 e. The lowest BCUT2D eigenvalue weighted by Gasteiger charge is -2.39. The summed E-state index contributed by atoms with van der Waals surface area (Å²) in [6.45, 7) is 5.64. The highest BCUT2D eigenvalue weighted by atomic mass is 16.5. The van der Waals surface area contributed by atoms with Gasteiger partial charge in [0.15, 0.2) is 0 Å². The second-order valence-electron chi connectivity index (χ2n) is 8.22. The Balaban J connectivity index is 1.44. The first-order chi connectivity index (χ1) is 12.3. The molecule has 0 spiro atoms. The van der Waals surface area contributed by atoms with E-state index in [0.29, 0.717) is 12.0 Å². The number of piperidine rings is 1. The van der Waals surface area contributed by atoms with Crippen molar-refractivity contribution in [2.24, 2.45) is 5.92 Å². The van der Waals surface area contributed by atoms with E-state index in [2.05, 4.69) is 17.9 Å². The van der Waals surface area contributed by atoms with Gasteiger partial charge in [0.2, 0.25) is 0 Å². The van der Waals surface area contributed by atoms with Crippen LogP contribution < -0.4 is 0 Å². The molecule has 2 rings (SSSR count). The highest BCUT2D eigenvalue weighted by molar-refractivity contribution is 4.90. The maximum absolute atomic E-state index is 9.03. The first-order valence-corrected chi connectivity index (χ1v) is 11.1. The molecule has 0 aromatic heterocycles. The predicted octanol–water partition coefficient (Wildman–Crippen LogP) is 5.69. The number of unbranched alkanes of at least 4 members (excludes halogenated alkanes) is 7. The maximum atomic E-state index is 9.03. The summed E-state index contributed by atoms with van der Waals surface area (Å²) in [6.07, 6.45) is 18.5. The molecule has 3 heteroatoms. The summed E-state index contributed by atoms with van der Waals surface area (Å²) in [5, 5.41) is 9.03. The van der Waals surface area contributed by atoms with Crippen LogP contribution in [0.25, 0.3) is 0 Å². The molecule has 1 saturated carbocycles. The molecule has 144 valence electrons. The zero-order valence-electron chi connectivity index (χ0n) is 16.6. The van der Waals surface area contributed by atoms with Crippen LogP contribution in [-0.2, 0) is 4.74 Å². The smallest absolute Gasteiger partial charge is 0.0655 e. The Morgan fingerprint density at radius 2 is 1.44 bits per heavy atom. The fourth-order valence-corrected chi connectivity index (χ4v) is 4.46. The van der Waals surface area contributed by atoms with E-state index in [4.69, 9.17) is 10.00 Å². The van der Waals surface area contributed by atoms with Crippen LogP contribution in [0.15, 0.2) is 0 Å². The molecule has 0 unspecified atom stereocenters. The molecule has 0 aromatic carbocycles. The van der Waals surface area contributed by atoms with E-state index < -0.39 is 0 Å². The van der Waals surface area contributed by atoms with Gasteiger partial charge in [0.25, 0.3) is 0 Å². The Hall–Kier alpha value is -0.590. The minimum atomic E-state index is 0.323. The van der Waals surface area contributed by atoms with Crippen LogP contribution in [0.5, 0.6) is 0 Å². The number of likely N-dealkylation sites (tertiary alicyclic amines) is 1. The molecule has 1 aliphatic carbocycles. The van der Waals surface area contributed by atoms with Crippen LogP contribution in [0.1, 0.15) is 96.8 Å². The standard InChI is InChI=1S/C22H40N2O/c1-2-3-4-5-6-7-8-9-18-25-22-14-16-24(17-15-22)21-12-10-20(19-23)11-13-21/h20-22H,2-18H2,1H3. The third kappa shape index (κ3) is 8.09. The fraction of sp³-hybridized carbons (Fsp3) is 0.955. The number of hydrogen-bond acceptors (Lipinski definition) is 3. The summed E-state index contributed by atoms with van der Waals surface area (Å²) in [4.78, 5) is 2.67. The van der Waals surface area contributed by atoms with E-state index in [0.717, 1.165) is 25.5 Å². The zero-order chi connectivity index (χ0) is 17.7. The minimum absolute atomic E-state index is 0.323. The third-order valence-electron chi connectivity index (χ3n) is 6.22. The summed E-state index contributed by atoms with van der Waals surface area (Å²) in [5.41, 5.74) is 0. The van der Waals surface area contributed by atoms with Crippen LogP contribution in [0.4, 0.5) is 0 Å². The number of rotatable bonds is 11. The van der Waals surface area contributed by atoms with Gasteiger partial charge in [0, 0.05) is 31.7 Å². The Kier molecular flexibility index (Phi) is 10.5. The van der Waals surface area contributed by atoms with Gasteiger partial charge in [-0.2, -0.15) is 5.26 Å². The summed E-state index contributed by atoms with van der Waals surface area (Å²) in [5.74, 6) is 0.323. The molecule has 0 radical (unpaired) electrons. The van der Waals surface area contributed by atoms with Crippen molar-refractivity contribution in [2.45, 2.75) is 109 Å². The topological polar surface area (TPSA) is 36.3 Å². The van der Waals surface area contributed by atoms with Crippen molar-refractivity contribution in [3.05, 3.63) is 0 Å². The molecular formula is C22H40N2O. The Morgan fingerprint density at radius 1 is 0.840 bits per heavy atom. The molecule has 25 heavy (non-hydrogen) atoms. The Bertz CT molecular complexity index is 363. The average Bonchev–Trinajstić information content (AvgIpc) is 2.67.